The van der Waals surface area contributed by atoms with E-state index < -0.39 is 9.05 Å². The van der Waals surface area contributed by atoms with Crippen molar-refractivity contribution >= 4 is 9.05 Å². The molecule has 0 bridgehead atoms. The molecule has 0 N–H and O–H groups in total. The summed E-state index contributed by atoms with van der Waals surface area (Å²) < 4.78 is 0. The standard InChI is InChI=1S/Cu.Ni.O4Si/c;;1-5(2,3)4/q2*+2;-4. The van der Waals surface area contributed by atoms with Crippen LogP contribution >= 0.6 is 0 Å². The largest absolute Gasteiger partial charge is 2.00 e. The van der Waals surface area contributed by atoms with Gasteiger partial charge >= 0.3 is 33.6 Å². The van der Waals surface area contributed by atoms with Gasteiger partial charge in [0.15, 0.2) is 0 Å². The fraction of sp³-hybridized carbons (Fsp3) is 0. The molecule has 0 aromatic rings. The van der Waals surface area contributed by atoms with E-state index in [2.05, 4.69) is 0 Å². The molecule has 0 aliphatic rings. The van der Waals surface area contributed by atoms with Gasteiger partial charge in [0, 0.05) is 0 Å². The molecule has 0 atom stereocenters. The van der Waals surface area contributed by atoms with E-state index in [4.69, 9.17) is 19.2 Å². The maximum atomic E-state index is 8.58. The smallest absolute Gasteiger partial charge is 0.894 e. The van der Waals surface area contributed by atoms with Crippen LogP contribution in [-0.2, 0) is 33.6 Å². The van der Waals surface area contributed by atoms with Crippen molar-refractivity contribution in [3.63, 3.8) is 0 Å². The minimum Gasteiger partial charge on any atom is -0.894 e. The first-order valence-electron chi connectivity index (χ1n) is 0.816. The van der Waals surface area contributed by atoms with E-state index in [1.54, 1.807) is 0 Å². The predicted molar refractivity (Wildman–Crippen MR) is 5.75 cm³/mol. The molecular weight excluding hydrogens is 214 g/mol. The van der Waals surface area contributed by atoms with Crippen LogP contribution in [0.1, 0.15) is 0 Å². The molecule has 49 valence electrons. The summed E-state index contributed by atoms with van der Waals surface area (Å²) in [7, 11) is -5.61. The van der Waals surface area contributed by atoms with E-state index in [0.717, 1.165) is 0 Å². The summed E-state index contributed by atoms with van der Waals surface area (Å²) in [5.74, 6) is 0. The Hall–Kier alpha value is 1.07. The van der Waals surface area contributed by atoms with E-state index >= 15 is 0 Å². The van der Waals surface area contributed by atoms with Crippen molar-refractivity contribution in [1.29, 1.82) is 0 Å². The first kappa shape index (κ1) is 15.7. The summed E-state index contributed by atoms with van der Waals surface area (Å²) in [6.45, 7) is 0. The van der Waals surface area contributed by atoms with Gasteiger partial charge in [0.25, 0.3) is 0 Å². The minimum atomic E-state index is -5.61. The number of hydrogen-bond acceptors (Lipinski definition) is 4. The first-order chi connectivity index (χ1) is 2.00. The second-order valence-electron chi connectivity index (χ2n) is 0.500. The number of rotatable bonds is 0. The topological polar surface area (TPSA) is 92.2 Å². The van der Waals surface area contributed by atoms with Crippen molar-refractivity contribution in [3.8, 4) is 0 Å². The number of hydrogen-bond donors (Lipinski definition) is 0. The van der Waals surface area contributed by atoms with Crippen LogP contribution in [0.3, 0.4) is 0 Å². The maximum Gasteiger partial charge on any atom is 2.00 e. The molecule has 0 spiro atoms. The van der Waals surface area contributed by atoms with Gasteiger partial charge < -0.3 is 28.2 Å². The van der Waals surface area contributed by atoms with Gasteiger partial charge in [0.1, 0.15) is 0 Å². The molecule has 0 amide bonds. The molecule has 0 aromatic carbocycles. The van der Waals surface area contributed by atoms with Gasteiger partial charge in [-0.25, -0.2) is 0 Å². The second-order valence-corrected chi connectivity index (χ2v) is 1.50. The molecule has 1 radical (unpaired) electrons. The molecule has 0 saturated carbocycles. The molecule has 0 aromatic heterocycles. The van der Waals surface area contributed by atoms with Crippen LogP contribution in [0.5, 0.6) is 0 Å². The second kappa shape index (κ2) is 5.21. The summed E-state index contributed by atoms with van der Waals surface area (Å²) in [5, 5.41) is 0. The molecule has 0 aliphatic carbocycles. The molecule has 0 aliphatic heterocycles. The monoisotopic (exact) mass is 213 g/mol. The summed E-state index contributed by atoms with van der Waals surface area (Å²) >= 11 is 0. The molecule has 0 fully saturated rings. The molecule has 7 heteroatoms. The molecule has 7 heavy (non-hydrogen) atoms. The third kappa shape index (κ3) is 159. The van der Waals surface area contributed by atoms with Crippen LogP contribution in [-0.4, -0.2) is 9.05 Å². The zero-order chi connectivity index (χ0) is 4.50. The molecule has 0 unspecified atom stereocenters. The van der Waals surface area contributed by atoms with Gasteiger partial charge in [-0.05, 0) is 0 Å². The fourth-order valence-corrected chi connectivity index (χ4v) is 0. The Morgan fingerprint density at radius 3 is 0.857 bits per heavy atom. The zero-order valence-electron chi connectivity index (χ0n) is 2.75. The van der Waals surface area contributed by atoms with E-state index in [0.29, 0.717) is 0 Å². The van der Waals surface area contributed by atoms with Gasteiger partial charge in [-0.2, -0.15) is 0 Å². The average Bonchev–Trinajstić information content (AvgIpc) is 0.722. The van der Waals surface area contributed by atoms with Crippen LogP contribution < -0.4 is 19.2 Å². The molecule has 0 heterocycles. The van der Waals surface area contributed by atoms with E-state index in [9.17, 15) is 0 Å². The van der Waals surface area contributed by atoms with E-state index in [1.165, 1.54) is 0 Å². The van der Waals surface area contributed by atoms with Gasteiger partial charge in [0.05, 0.1) is 0 Å². The fourth-order valence-electron chi connectivity index (χ4n) is 0. The van der Waals surface area contributed by atoms with Crippen molar-refractivity contribution in [2.75, 3.05) is 0 Å². The van der Waals surface area contributed by atoms with Crippen molar-refractivity contribution in [2.45, 2.75) is 0 Å². The average molecular weight is 214 g/mol. The Kier molecular flexibility index (Phi) is 11.7. The molecule has 0 rings (SSSR count). The van der Waals surface area contributed by atoms with Gasteiger partial charge in [0.2, 0.25) is 0 Å². The SMILES string of the molecule is [Cu+2].[Ni+2].[O-][Si]([O-])([O-])[O-]. The first-order valence-corrected chi connectivity index (χ1v) is 2.45. The van der Waals surface area contributed by atoms with Crippen LogP contribution in [0.4, 0.5) is 0 Å². The van der Waals surface area contributed by atoms with Crippen LogP contribution in [0, 0.1) is 0 Å². The Bertz CT molecular complexity index is 27.2. The van der Waals surface area contributed by atoms with Gasteiger partial charge in [-0.1, -0.05) is 0 Å². The van der Waals surface area contributed by atoms with Crippen molar-refractivity contribution in [1.82, 2.24) is 0 Å². The third-order valence-electron chi connectivity index (χ3n) is 0. The quantitative estimate of drug-likeness (QED) is 0.377. The van der Waals surface area contributed by atoms with E-state index in [-0.39, 0.29) is 33.6 Å². The van der Waals surface area contributed by atoms with Crippen LogP contribution in [0.15, 0.2) is 0 Å². The molecule has 0 saturated heterocycles. The normalized spacial score (nSPS) is 8.57. The van der Waals surface area contributed by atoms with Crippen molar-refractivity contribution < 1.29 is 52.7 Å². The summed E-state index contributed by atoms with van der Waals surface area (Å²) in [5.41, 5.74) is 0. The van der Waals surface area contributed by atoms with Gasteiger partial charge in [-0.3, -0.25) is 0 Å². The zero-order valence-corrected chi connectivity index (χ0v) is 5.68. The van der Waals surface area contributed by atoms with Crippen LogP contribution in [0.25, 0.3) is 0 Å². The Morgan fingerprint density at radius 1 is 0.857 bits per heavy atom. The predicted octanol–water partition coefficient (Wildman–Crippen LogP) is -5.14. The minimum absolute atomic E-state index is 0. The molecule has 4 nitrogen and oxygen atoms in total. The summed E-state index contributed by atoms with van der Waals surface area (Å²) in [6, 6.07) is 0. The van der Waals surface area contributed by atoms with Crippen molar-refractivity contribution in [2.24, 2.45) is 0 Å². The third-order valence-corrected chi connectivity index (χ3v) is 0. The summed E-state index contributed by atoms with van der Waals surface area (Å²) in [6.07, 6.45) is 0. The Labute approximate surface area is 62.1 Å². The van der Waals surface area contributed by atoms with Crippen LogP contribution in [0.2, 0.25) is 0 Å². The maximum absolute atomic E-state index is 8.58. The van der Waals surface area contributed by atoms with Gasteiger partial charge in [-0.15, -0.1) is 0 Å². The Balaban J connectivity index is -0.0000000800. The van der Waals surface area contributed by atoms with Crippen molar-refractivity contribution in [3.05, 3.63) is 0 Å². The van der Waals surface area contributed by atoms with E-state index in [1.807, 2.05) is 0 Å². The molecular formula is CuNiO4Si. The Morgan fingerprint density at radius 2 is 0.857 bits per heavy atom. The summed E-state index contributed by atoms with van der Waals surface area (Å²) in [4.78, 5) is 34.3.